The molecule has 2 rings (SSSR count). The first-order chi connectivity index (χ1) is 10.4. The Morgan fingerprint density at radius 3 is 2.64 bits per heavy atom. The average molecular weight is 301 g/mol. The highest BCUT2D eigenvalue weighted by molar-refractivity contribution is 5.91. The zero-order valence-electron chi connectivity index (χ0n) is 13.8. The van der Waals surface area contributed by atoms with Gasteiger partial charge < -0.3 is 10.1 Å². The van der Waals surface area contributed by atoms with Gasteiger partial charge in [-0.3, -0.25) is 9.48 Å². The van der Waals surface area contributed by atoms with Crippen LogP contribution >= 0.6 is 0 Å². The molecule has 0 atom stereocenters. The van der Waals surface area contributed by atoms with E-state index in [9.17, 15) is 4.79 Å². The summed E-state index contributed by atoms with van der Waals surface area (Å²) in [5, 5.41) is 6.98. The number of aryl methyl sites for hydroxylation is 3. The lowest BCUT2D eigenvalue weighted by molar-refractivity contribution is -0.118. The highest BCUT2D eigenvalue weighted by atomic mass is 16.5. The van der Waals surface area contributed by atoms with E-state index in [0.29, 0.717) is 11.7 Å². The largest absolute Gasteiger partial charge is 0.483 e. The molecular weight excluding hydrogens is 278 g/mol. The number of anilines is 1. The van der Waals surface area contributed by atoms with Crippen LogP contribution in [0.15, 0.2) is 24.3 Å². The van der Waals surface area contributed by atoms with Gasteiger partial charge in [0.25, 0.3) is 5.91 Å². The van der Waals surface area contributed by atoms with Crippen molar-refractivity contribution >= 4 is 11.7 Å². The van der Waals surface area contributed by atoms with Gasteiger partial charge in [0.05, 0.1) is 5.69 Å². The maximum atomic E-state index is 12.0. The van der Waals surface area contributed by atoms with Gasteiger partial charge in [0.2, 0.25) is 0 Å². The average Bonchev–Trinajstić information content (AvgIpc) is 2.75. The molecule has 118 valence electrons. The smallest absolute Gasteiger partial charge is 0.263 e. The van der Waals surface area contributed by atoms with Crippen LogP contribution in [-0.2, 0) is 11.8 Å². The molecule has 0 aliphatic carbocycles. The SMILES string of the molecule is Cc1cc(NC(=O)COc2cc(C(C)C)ccc2C)n(C)n1. The molecule has 2 aromatic rings. The summed E-state index contributed by atoms with van der Waals surface area (Å²) in [6.07, 6.45) is 0. The highest BCUT2D eigenvalue weighted by Gasteiger charge is 2.10. The molecule has 0 unspecified atom stereocenters. The number of aromatic nitrogens is 2. The quantitative estimate of drug-likeness (QED) is 0.923. The Morgan fingerprint density at radius 1 is 1.32 bits per heavy atom. The molecule has 0 saturated carbocycles. The lowest BCUT2D eigenvalue weighted by Gasteiger charge is -2.12. The number of benzene rings is 1. The fourth-order valence-electron chi connectivity index (χ4n) is 2.18. The molecule has 0 spiro atoms. The van der Waals surface area contributed by atoms with Gasteiger partial charge in [-0.2, -0.15) is 5.10 Å². The van der Waals surface area contributed by atoms with Crippen LogP contribution in [0.5, 0.6) is 5.75 Å². The minimum absolute atomic E-state index is 0.0212. The summed E-state index contributed by atoms with van der Waals surface area (Å²) in [6.45, 7) is 8.10. The number of carbonyl (C=O) groups is 1. The van der Waals surface area contributed by atoms with E-state index in [1.54, 1.807) is 11.7 Å². The molecule has 0 bridgehead atoms. The van der Waals surface area contributed by atoms with Gasteiger partial charge in [-0.05, 0) is 37.0 Å². The van der Waals surface area contributed by atoms with E-state index < -0.39 is 0 Å². The van der Waals surface area contributed by atoms with Crippen molar-refractivity contribution in [2.75, 3.05) is 11.9 Å². The molecule has 1 aromatic heterocycles. The van der Waals surface area contributed by atoms with E-state index in [4.69, 9.17) is 4.74 Å². The second-order valence-electron chi connectivity index (χ2n) is 5.81. The van der Waals surface area contributed by atoms with Gasteiger partial charge in [0, 0.05) is 13.1 Å². The van der Waals surface area contributed by atoms with Crippen molar-refractivity contribution in [3.05, 3.63) is 41.1 Å². The maximum absolute atomic E-state index is 12.0. The van der Waals surface area contributed by atoms with Crippen molar-refractivity contribution in [2.45, 2.75) is 33.6 Å². The van der Waals surface area contributed by atoms with Gasteiger partial charge in [0.15, 0.2) is 6.61 Å². The van der Waals surface area contributed by atoms with E-state index in [1.807, 2.05) is 32.0 Å². The predicted octanol–water partition coefficient (Wildman–Crippen LogP) is 3.18. The van der Waals surface area contributed by atoms with E-state index >= 15 is 0 Å². The fraction of sp³-hybridized carbons (Fsp3) is 0.412. The number of carbonyl (C=O) groups excluding carboxylic acids is 1. The van der Waals surface area contributed by atoms with Crippen LogP contribution in [-0.4, -0.2) is 22.3 Å². The molecule has 5 heteroatoms. The van der Waals surface area contributed by atoms with Crippen LogP contribution < -0.4 is 10.1 Å². The van der Waals surface area contributed by atoms with Crippen LogP contribution in [0.3, 0.4) is 0 Å². The Morgan fingerprint density at radius 2 is 2.05 bits per heavy atom. The molecule has 1 amide bonds. The van der Waals surface area contributed by atoms with Crippen molar-refractivity contribution in [1.82, 2.24) is 9.78 Å². The minimum Gasteiger partial charge on any atom is -0.483 e. The van der Waals surface area contributed by atoms with E-state index in [1.165, 1.54) is 5.56 Å². The predicted molar refractivity (Wildman–Crippen MR) is 87.3 cm³/mol. The number of nitrogens with one attached hydrogen (secondary N) is 1. The van der Waals surface area contributed by atoms with Crippen molar-refractivity contribution in [3.63, 3.8) is 0 Å². The summed E-state index contributed by atoms with van der Waals surface area (Å²) in [5.74, 6) is 1.65. The van der Waals surface area contributed by atoms with Gasteiger partial charge in [0.1, 0.15) is 11.6 Å². The first-order valence-corrected chi connectivity index (χ1v) is 7.40. The molecule has 0 saturated heterocycles. The fourth-order valence-corrected chi connectivity index (χ4v) is 2.18. The molecule has 0 radical (unpaired) electrons. The van der Waals surface area contributed by atoms with Gasteiger partial charge >= 0.3 is 0 Å². The zero-order chi connectivity index (χ0) is 16.3. The standard InChI is InChI=1S/C17H23N3O2/c1-11(2)14-7-6-12(3)15(9-14)22-10-17(21)18-16-8-13(4)19-20(16)5/h6-9,11H,10H2,1-5H3,(H,18,21). The van der Waals surface area contributed by atoms with Crippen molar-refractivity contribution in [2.24, 2.45) is 7.05 Å². The minimum atomic E-state index is -0.197. The Hall–Kier alpha value is -2.30. The Bertz CT molecular complexity index is 675. The molecule has 1 aromatic carbocycles. The maximum Gasteiger partial charge on any atom is 0.263 e. The molecule has 22 heavy (non-hydrogen) atoms. The summed E-state index contributed by atoms with van der Waals surface area (Å²) >= 11 is 0. The zero-order valence-corrected chi connectivity index (χ0v) is 13.8. The normalized spacial score (nSPS) is 10.8. The van der Waals surface area contributed by atoms with Crippen LogP contribution in [0.4, 0.5) is 5.82 Å². The van der Waals surface area contributed by atoms with Crippen molar-refractivity contribution in [1.29, 1.82) is 0 Å². The summed E-state index contributed by atoms with van der Waals surface area (Å²) in [5.41, 5.74) is 3.08. The summed E-state index contributed by atoms with van der Waals surface area (Å²) < 4.78 is 7.30. The van der Waals surface area contributed by atoms with E-state index in [-0.39, 0.29) is 12.5 Å². The lowest BCUT2D eigenvalue weighted by Crippen LogP contribution is -2.21. The van der Waals surface area contributed by atoms with E-state index in [0.717, 1.165) is 17.0 Å². The third kappa shape index (κ3) is 3.87. The lowest BCUT2D eigenvalue weighted by atomic mass is 10.0. The van der Waals surface area contributed by atoms with Gasteiger partial charge in [-0.1, -0.05) is 26.0 Å². The highest BCUT2D eigenvalue weighted by Crippen LogP contribution is 2.24. The number of rotatable bonds is 5. The first kappa shape index (κ1) is 16.1. The topological polar surface area (TPSA) is 56.1 Å². The number of hydrogen-bond donors (Lipinski definition) is 1. The Balaban J connectivity index is 1.99. The second-order valence-corrected chi connectivity index (χ2v) is 5.81. The molecular formula is C17H23N3O2. The Kier molecular flexibility index (Phi) is 4.85. The third-order valence-electron chi connectivity index (χ3n) is 3.51. The summed E-state index contributed by atoms with van der Waals surface area (Å²) in [7, 11) is 1.79. The molecule has 0 aliphatic rings. The second kappa shape index (κ2) is 6.64. The molecule has 1 heterocycles. The van der Waals surface area contributed by atoms with Crippen LogP contribution in [0.25, 0.3) is 0 Å². The van der Waals surface area contributed by atoms with Crippen LogP contribution in [0, 0.1) is 13.8 Å². The first-order valence-electron chi connectivity index (χ1n) is 7.40. The monoisotopic (exact) mass is 301 g/mol. The van der Waals surface area contributed by atoms with Gasteiger partial charge in [-0.25, -0.2) is 0 Å². The summed E-state index contributed by atoms with van der Waals surface area (Å²) in [4.78, 5) is 12.0. The van der Waals surface area contributed by atoms with Gasteiger partial charge in [-0.15, -0.1) is 0 Å². The number of amides is 1. The van der Waals surface area contributed by atoms with Crippen LogP contribution in [0.1, 0.15) is 36.6 Å². The third-order valence-corrected chi connectivity index (χ3v) is 3.51. The molecule has 5 nitrogen and oxygen atoms in total. The number of ether oxygens (including phenoxy) is 1. The van der Waals surface area contributed by atoms with Crippen molar-refractivity contribution in [3.8, 4) is 5.75 Å². The van der Waals surface area contributed by atoms with Crippen LogP contribution in [0.2, 0.25) is 0 Å². The molecule has 1 N–H and O–H groups in total. The molecule has 0 fully saturated rings. The number of hydrogen-bond acceptors (Lipinski definition) is 3. The number of nitrogens with zero attached hydrogens (tertiary/aromatic N) is 2. The van der Waals surface area contributed by atoms with E-state index in [2.05, 4.69) is 30.3 Å². The molecule has 0 aliphatic heterocycles. The van der Waals surface area contributed by atoms with Crippen molar-refractivity contribution < 1.29 is 9.53 Å². The summed E-state index contributed by atoms with van der Waals surface area (Å²) in [6, 6.07) is 7.93. The Labute approximate surface area is 131 Å².